The lowest BCUT2D eigenvalue weighted by Gasteiger charge is -2.10. The molecule has 27 heavy (non-hydrogen) atoms. The molecule has 3 rings (SSSR count). The lowest BCUT2D eigenvalue weighted by molar-refractivity contribution is 0.423. The Labute approximate surface area is 163 Å². The molecule has 0 fully saturated rings. The van der Waals surface area contributed by atoms with Crippen LogP contribution in [0, 0.1) is 0 Å². The van der Waals surface area contributed by atoms with Crippen molar-refractivity contribution in [3.63, 3.8) is 0 Å². The third-order valence-corrected chi connectivity index (χ3v) is 5.86. The van der Waals surface area contributed by atoms with Crippen molar-refractivity contribution in [3.05, 3.63) is 59.6 Å². The largest absolute Gasteiger partial charge is 0.419 e. The van der Waals surface area contributed by atoms with Gasteiger partial charge in [-0.1, -0.05) is 41.9 Å². The minimum Gasteiger partial charge on any atom is -0.419 e. The van der Waals surface area contributed by atoms with E-state index < -0.39 is 9.84 Å². The highest BCUT2D eigenvalue weighted by Gasteiger charge is 2.28. The highest BCUT2D eigenvalue weighted by molar-refractivity contribution is 7.91. The molecule has 0 bridgehead atoms. The van der Waals surface area contributed by atoms with Gasteiger partial charge in [-0.15, -0.1) is 0 Å². The van der Waals surface area contributed by atoms with E-state index in [0.717, 1.165) is 0 Å². The normalized spacial score (nSPS) is 11.7. The molecule has 0 aliphatic heterocycles. The lowest BCUT2D eigenvalue weighted by Crippen LogP contribution is -2.21. The molecule has 0 unspecified atom stereocenters. The molecule has 0 aliphatic carbocycles. The molecular weight excluding hydrogens is 386 g/mol. The SMILES string of the molecule is CN(C)CCNc1oc(-c2ccccc2Cl)nc1S(=O)(=O)c1ccccc1. The molecule has 1 heterocycles. The quantitative estimate of drug-likeness (QED) is 0.644. The van der Waals surface area contributed by atoms with Gasteiger partial charge in [-0.05, 0) is 38.4 Å². The third-order valence-electron chi connectivity index (χ3n) is 3.85. The summed E-state index contributed by atoms with van der Waals surface area (Å²) in [6, 6.07) is 15.2. The van der Waals surface area contributed by atoms with E-state index in [4.69, 9.17) is 16.0 Å². The number of rotatable bonds is 7. The Morgan fingerprint density at radius 1 is 1.07 bits per heavy atom. The zero-order valence-electron chi connectivity index (χ0n) is 15.0. The van der Waals surface area contributed by atoms with E-state index in [1.54, 1.807) is 42.5 Å². The summed E-state index contributed by atoms with van der Waals surface area (Å²) in [6.07, 6.45) is 0. The zero-order valence-corrected chi connectivity index (χ0v) is 16.6. The van der Waals surface area contributed by atoms with Crippen LogP contribution in [-0.4, -0.2) is 45.5 Å². The predicted octanol–water partition coefficient (Wildman–Crippen LogP) is 3.80. The Morgan fingerprint density at radius 3 is 2.41 bits per heavy atom. The fraction of sp³-hybridized carbons (Fsp3) is 0.211. The average molecular weight is 406 g/mol. The number of aromatic nitrogens is 1. The number of benzene rings is 2. The first kappa shape index (κ1) is 19.4. The number of hydrogen-bond donors (Lipinski definition) is 1. The number of sulfone groups is 1. The topological polar surface area (TPSA) is 75.4 Å². The fourth-order valence-electron chi connectivity index (χ4n) is 2.45. The number of hydrogen-bond acceptors (Lipinski definition) is 6. The summed E-state index contributed by atoms with van der Waals surface area (Å²) in [6.45, 7) is 1.20. The predicted molar refractivity (Wildman–Crippen MR) is 106 cm³/mol. The van der Waals surface area contributed by atoms with Crippen LogP contribution in [0.4, 0.5) is 5.88 Å². The van der Waals surface area contributed by atoms with Crippen molar-refractivity contribution in [2.75, 3.05) is 32.5 Å². The smallest absolute Gasteiger partial charge is 0.233 e. The van der Waals surface area contributed by atoms with E-state index in [9.17, 15) is 8.42 Å². The van der Waals surface area contributed by atoms with Gasteiger partial charge in [0.25, 0.3) is 0 Å². The van der Waals surface area contributed by atoms with E-state index in [-0.39, 0.29) is 21.7 Å². The van der Waals surface area contributed by atoms with Crippen LogP contribution in [0.2, 0.25) is 5.02 Å². The molecular formula is C19H20ClN3O3S. The molecule has 1 aromatic heterocycles. The van der Waals surface area contributed by atoms with Crippen molar-refractivity contribution in [2.24, 2.45) is 0 Å². The summed E-state index contributed by atoms with van der Waals surface area (Å²) in [4.78, 5) is 6.40. The number of likely N-dealkylation sites (N-methyl/N-ethyl adjacent to an activating group) is 1. The van der Waals surface area contributed by atoms with Crippen molar-refractivity contribution >= 4 is 27.3 Å². The second-order valence-electron chi connectivity index (χ2n) is 6.18. The van der Waals surface area contributed by atoms with Gasteiger partial charge in [-0.2, -0.15) is 4.98 Å². The average Bonchev–Trinajstić information content (AvgIpc) is 3.07. The second-order valence-corrected chi connectivity index (χ2v) is 8.45. The van der Waals surface area contributed by atoms with E-state index >= 15 is 0 Å². The van der Waals surface area contributed by atoms with E-state index in [0.29, 0.717) is 23.7 Å². The van der Waals surface area contributed by atoms with Gasteiger partial charge < -0.3 is 14.6 Å². The summed E-state index contributed by atoms with van der Waals surface area (Å²) < 4.78 is 31.9. The van der Waals surface area contributed by atoms with Gasteiger partial charge in [-0.3, -0.25) is 0 Å². The first-order valence-electron chi connectivity index (χ1n) is 8.34. The van der Waals surface area contributed by atoms with Gasteiger partial charge in [-0.25, -0.2) is 8.42 Å². The van der Waals surface area contributed by atoms with Gasteiger partial charge in [0.15, 0.2) is 0 Å². The Morgan fingerprint density at radius 2 is 1.74 bits per heavy atom. The summed E-state index contributed by atoms with van der Waals surface area (Å²) in [5, 5.41) is 3.32. The Hall–Kier alpha value is -2.35. The van der Waals surface area contributed by atoms with Crippen molar-refractivity contribution < 1.29 is 12.8 Å². The van der Waals surface area contributed by atoms with Gasteiger partial charge >= 0.3 is 0 Å². The fourth-order valence-corrected chi connectivity index (χ4v) is 3.97. The number of oxazole rings is 1. The third kappa shape index (κ3) is 4.32. The maximum absolute atomic E-state index is 13.1. The number of nitrogens with zero attached hydrogens (tertiary/aromatic N) is 2. The van der Waals surface area contributed by atoms with Crippen molar-refractivity contribution in [1.82, 2.24) is 9.88 Å². The first-order valence-corrected chi connectivity index (χ1v) is 10.2. The molecule has 0 saturated heterocycles. The summed E-state index contributed by atoms with van der Waals surface area (Å²) in [7, 11) is 0.0145. The molecule has 0 radical (unpaired) electrons. The van der Waals surface area contributed by atoms with Crippen molar-refractivity contribution in [3.8, 4) is 11.5 Å². The minimum atomic E-state index is -3.84. The maximum atomic E-state index is 13.1. The lowest BCUT2D eigenvalue weighted by atomic mass is 10.2. The van der Waals surface area contributed by atoms with E-state index in [1.165, 1.54) is 12.1 Å². The van der Waals surface area contributed by atoms with Gasteiger partial charge in [0.1, 0.15) is 0 Å². The van der Waals surface area contributed by atoms with Gasteiger partial charge in [0.05, 0.1) is 15.5 Å². The minimum absolute atomic E-state index is 0.107. The first-order chi connectivity index (χ1) is 12.9. The Balaban J connectivity index is 2.07. The molecule has 0 aliphatic rings. The van der Waals surface area contributed by atoms with E-state index in [2.05, 4.69) is 10.3 Å². The maximum Gasteiger partial charge on any atom is 0.233 e. The standard InChI is InChI=1S/C19H20ClN3O3S/c1-23(2)13-12-21-18-19(27(24,25)14-8-4-3-5-9-14)22-17(26-18)15-10-6-7-11-16(15)20/h3-11,21H,12-13H2,1-2H3. The van der Waals surface area contributed by atoms with Crippen LogP contribution >= 0.6 is 11.6 Å². The van der Waals surface area contributed by atoms with Crippen LogP contribution in [0.15, 0.2) is 68.9 Å². The zero-order chi connectivity index (χ0) is 19.4. The van der Waals surface area contributed by atoms with Crippen LogP contribution in [0.25, 0.3) is 11.5 Å². The van der Waals surface area contributed by atoms with Crippen LogP contribution in [-0.2, 0) is 9.84 Å². The highest BCUT2D eigenvalue weighted by atomic mass is 35.5. The van der Waals surface area contributed by atoms with Crippen LogP contribution in [0.1, 0.15) is 0 Å². The van der Waals surface area contributed by atoms with Crippen molar-refractivity contribution in [2.45, 2.75) is 9.92 Å². The Kier molecular flexibility index (Phi) is 5.84. The molecule has 3 aromatic rings. The molecule has 2 aromatic carbocycles. The molecule has 6 nitrogen and oxygen atoms in total. The number of anilines is 1. The molecule has 0 amide bonds. The molecule has 1 N–H and O–H groups in total. The molecule has 142 valence electrons. The molecule has 0 spiro atoms. The molecule has 0 saturated carbocycles. The van der Waals surface area contributed by atoms with E-state index in [1.807, 2.05) is 19.0 Å². The van der Waals surface area contributed by atoms with Crippen molar-refractivity contribution in [1.29, 1.82) is 0 Å². The van der Waals surface area contributed by atoms with Crippen LogP contribution in [0.5, 0.6) is 0 Å². The highest BCUT2D eigenvalue weighted by Crippen LogP contribution is 2.34. The van der Waals surface area contributed by atoms with Gasteiger partial charge in [0, 0.05) is 13.1 Å². The summed E-state index contributed by atoms with van der Waals surface area (Å²) >= 11 is 6.22. The molecule has 8 heteroatoms. The molecule has 0 atom stereocenters. The van der Waals surface area contributed by atoms with Crippen LogP contribution < -0.4 is 5.32 Å². The van der Waals surface area contributed by atoms with Gasteiger partial charge in [0.2, 0.25) is 26.6 Å². The monoisotopic (exact) mass is 405 g/mol. The summed E-state index contributed by atoms with van der Waals surface area (Å²) in [5.74, 6) is 0.262. The second kappa shape index (κ2) is 8.12. The van der Waals surface area contributed by atoms with Crippen LogP contribution in [0.3, 0.4) is 0 Å². The summed E-state index contributed by atoms with van der Waals surface area (Å²) in [5.41, 5.74) is 0.532. The number of nitrogens with one attached hydrogen (secondary N) is 1. The number of halogens is 1. The Bertz CT molecular complexity index is 1020.